The molecule has 4 heteroatoms. The van der Waals surface area contributed by atoms with Crippen LogP contribution in [0.2, 0.25) is 0 Å². The van der Waals surface area contributed by atoms with Gasteiger partial charge in [-0.2, -0.15) is 0 Å². The van der Waals surface area contributed by atoms with E-state index in [2.05, 4.69) is 17.6 Å². The molecule has 1 atom stereocenters. The van der Waals surface area contributed by atoms with Crippen LogP contribution in [0.3, 0.4) is 0 Å². The number of carbonyl (C=O) groups is 2. The summed E-state index contributed by atoms with van der Waals surface area (Å²) in [5.41, 5.74) is 2.18. The molecule has 2 amide bonds. The molecule has 1 aliphatic rings. The first kappa shape index (κ1) is 15.2. The van der Waals surface area contributed by atoms with Crippen molar-refractivity contribution in [1.29, 1.82) is 0 Å². The molecule has 0 bridgehead atoms. The minimum absolute atomic E-state index is 0. The SMILES string of the molecule is CC.CCc1ccc(NC2CCC(=O)NC2=O)cc1.[HH].[HH]. The van der Waals surface area contributed by atoms with Gasteiger partial charge in [0.25, 0.3) is 0 Å². The van der Waals surface area contributed by atoms with Gasteiger partial charge in [-0.25, -0.2) is 0 Å². The van der Waals surface area contributed by atoms with Crippen molar-refractivity contribution in [2.45, 2.75) is 46.1 Å². The Hall–Kier alpha value is -1.84. The lowest BCUT2D eigenvalue weighted by molar-refractivity contribution is -0.133. The van der Waals surface area contributed by atoms with Gasteiger partial charge in [-0.05, 0) is 30.5 Å². The van der Waals surface area contributed by atoms with Crippen LogP contribution in [0.25, 0.3) is 0 Å². The van der Waals surface area contributed by atoms with E-state index in [1.165, 1.54) is 5.56 Å². The number of aryl methyl sites for hydroxylation is 1. The van der Waals surface area contributed by atoms with Crippen molar-refractivity contribution in [3.63, 3.8) is 0 Å². The second kappa shape index (κ2) is 7.56. The third-order valence-electron chi connectivity index (χ3n) is 2.94. The lowest BCUT2D eigenvalue weighted by Gasteiger charge is -2.22. The summed E-state index contributed by atoms with van der Waals surface area (Å²) in [5, 5.41) is 5.47. The summed E-state index contributed by atoms with van der Waals surface area (Å²) in [6.45, 7) is 6.10. The molecule has 1 fully saturated rings. The normalized spacial score (nSPS) is 18.2. The van der Waals surface area contributed by atoms with Gasteiger partial charge >= 0.3 is 0 Å². The number of anilines is 1. The van der Waals surface area contributed by atoms with Crippen molar-refractivity contribution < 1.29 is 12.4 Å². The van der Waals surface area contributed by atoms with Gasteiger partial charge in [-0.3, -0.25) is 14.9 Å². The average Bonchev–Trinajstić information content (AvgIpc) is 2.45. The number of hydrogen-bond donors (Lipinski definition) is 2. The van der Waals surface area contributed by atoms with Crippen LogP contribution in [-0.2, 0) is 16.0 Å². The lowest BCUT2D eigenvalue weighted by Crippen LogP contribution is -2.47. The molecule has 1 aromatic carbocycles. The second-order valence-electron chi connectivity index (χ2n) is 4.20. The predicted octanol–water partition coefficient (Wildman–Crippen LogP) is 2.98. The smallest absolute Gasteiger partial charge is 0.249 e. The van der Waals surface area contributed by atoms with E-state index >= 15 is 0 Å². The largest absolute Gasteiger partial charge is 0.374 e. The first-order chi connectivity index (χ1) is 9.19. The highest BCUT2D eigenvalue weighted by atomic mass is 16.2. The highest BCUT2D eigenvalue weighted by Crippen LogP contribution is 2.14. The molecule has 1 heterocycles. The summed E-state index contributed by atoms with van der Waals surface area (Å²) in [5.74, 6) is -0.421. The van der Waals surface area contributed by atoms with Gasteiger partial charge < -0.3 is 5.32 Å². The quantitative estimate of drug-likeness (QED) is 0.827. The van der Waals surface area contributed by atoms with Gasteiger partial charge in [-0.15, -0.1) is 0 Å². The predicted molar refractivity (Wildman–Crippen MR) is 81.2 cm³/mol. The van der Waals surface area contributed by atoms with E-state index in [0.717, 1.165) is 12.1 Å². The highest BCUT2D eigenvalue weighted by molar-refractivity contribution is 6.01. The van der Waals surface area contributed by atoms with Crippen LogP contribution in [0.1, 0.15) is 42.0 Å². The second-order valence-corrected chi connectivity index (χ2v) is 4.20. The van der Waals surface area contributed by atoms with E-state index in [1.807, 2.05) is 38.1 Å². The maximum atomic E-state index is 11.5. The summed E-state index contributed by atoms with van der Waals surface area (Å²) >= 11 is 0. The molecule has 19 heavy (non-hydrogen) atoms. The zero-order valence-corrected chi connectivity index (χ0v) is 11.8. The van der Waals surface area contributed by atoms with Crippen molar-refractivity contribution in [2.75, 3.05) is 5.32 Å². The molecule has 1 saturated heterocycles. The molecule has 108 valence electrons. The fourth-order valence-corrected chi connectivity index (χ4v) is 1.87. The van der Waals surface area contributed by atoms with Crippen molar-refractivity contribution in [3.8, 4) is 0 Å². The molecule has 0 spiro atoms. The van der Waals surface area contributed by atoms with Gasteiger partial charge in [0.15, 0.2) is 0 Å². The average molecular weight is 266 g/mol. The zero-order valence-electron chi connectivity index (χ0n) is 11.8. The van der Waals surface area contributed by atoms with Crippen LogP contribution >= 0.6 is 0 Å². The van der Waals surface area contributed by atoms with Crippen LogP contribution in [0.5, 0.6) is 0 Å². The third-order valence-corrected chi connectivity index (χ3v) is 2.94. The highest BCUT2D eigenvalue weighted by Gasteiger charge is 2.26. The van der Waals surface area contributed by atoms with Crippen molar-refractivity contribution in [2.24, 2.45) is 0 Å². The van der Waals surface area contributed by atoms with Gasteiger partial charge in [0.2, 0.25) is 11.8 Å². The Labute approximate surface area is 117 Å². The van der Waals surface area contributed by atoms with Crippen LogP contribution in [0.4, 0.5) is 5.69 Å². The van der Waals surface area contributed by atoms with E-state index in [9.17, 15) is 9.59 Å². The summed E-state index contributed by atoms with van der Waals surface area (Å²) < 4.78 is 0. The summed E-state index contributed by atoms with van der Waals surface area (Å²) in [6, 6.07) is 7.69. The molecule has 1 aromatic rings. The number of nitrogens with one attached hydrogen (secondary N) is 2. The first-order valence-corrected chi connectivity index (χ1v) is 6.88. The van der Waals surface area contributed by atoms with Gasteiger partial charge in [0.05, 0.1) is 0 Å². The number of amides is 2. The fourth-order valence-electron chi connectivity index (χ4n) is 1.87. The maximum Gasteiger partial charge on any atom is 0.249 e. The Bertz CT molecular complexity index is 436. The third kappa shape index (κ3) is 4.39. The first-order valence-electron chi connectivity index (χ1n) is 6.88. The maximum absolute atomic E-state index is 11.5. The topological polar surface area (TPSA) is 58.2 Å². The summed E-state index contributed by atoms with van der Waals surface area (Å²) in [7, 11) is 0. The number of hydrogen-bond acceptors (Lipinski definition) is 3. The van der Waals surface area contributed by atoms with E-state index in [4.69, 9.17) is 0 Å². The van der Waals surface area contributed by atoms with E-state index in [1.54, 1.807) is 0 Å². The van der Waals surface area contributed by atoms with Crippen LogP contribution in [0.15, 0.2) is 24.3 Å². The monoisotopic (exact) mass is 266 g/mol. The minimum atomic E-state index is -0.305. The number of benzene rings is 1. The lowest BCUT2D eigenvalue weighted by atomic mass is 10.1. The Morgan fingerprint density at radius 3 is 2.42 bits per heavy atom. The van der Waals surface area contributed by atoms with Crippen molar-refractivity contribution >= 4 is 17.5 Å². The molecule has 0 saturated carbocycles. The molecular formula is C15H26N2O2. The van der Waals surface area contributed by atoms with Crippen LogP contribution < -0.4 is 10.6 Å². The van der Waals surface area contributed by atoms with E-state index in [0.29, 0.717) is 12.8 Å². The van der Waals surface area contributed by atoms with Crippen LogP contribution in [-0.4, -0.2) is 17.9 Å². The Kier molecular flexibility index (Phi) is 6.06. The minimum Gasteiger partial charge on any atom is -0.374 e. The Morgan fingerprint density at radius 1 is 1.26 bits per heavy atom. The summed E-state index contributed by atoms with van der Waals surface area (Å²) in [6.07, 6.45) is 1.95. The number of rotatable bonds is 3. The molecule has 0 radical (unpaired) electrons. The molecule has 2 rings (SSSR count). The van der Waals surface area contributed by atoms with Crippen LogP contribution in [0, 0.1) is 0 Å². The Balaban J connectivity index is 0. The fraction of sp³-hybridized carbons (Fsp3) is 0.467. The van der Waals surface area contributed by atoms with Crippen molar-refractivity contribution in [3.05, 3.63) is 29.8 Å². The van der Waals surface area contributed by atoms with E-state index in [-0.39, 0.29) is 20.7 Å². The van der Waals surface area contributed by atoms with Crippen molar-refractivity contribution in [1.82, 2.24) is 5.32 Å². The van der Waals surface area contributed by atoms with E-state index < -0.39 is 0 Å². The molecule has 0 aliphatic carbocycles. The molecule has 4 nitrogen and oxygen atoms in total. The van der Waals surface area contributed by atoms with Gasteiger partial charge in [0.1, 0.15) is 6.04 Å². The summed E-state index contributed by atoms with van der Waals surface area (Å²) in [4.78, 5) is 22.5. The zero-order chi connectivity index (χ0) is 14.3. The molecule has 1 aliphatic heterocycles. The number of carbonyl (C=O) groups excluding carboxylic acids is 2. The molecule has 2 N–H and O–H groups in total. The number of piperidine rings is 1. The Morgan fingerprint density at radius 2 is 1.89 bits per heavy atom. The van der Waals surface area contributed by atoms with Gasteiger partial charge in [0, 0.05) is 15.0 Å². The van der Waals surface area contributed by atoms with Gasteiger partial charge in [-0.1, -0.05) is 32.9 Å². The number of imide groups is 1. The molecule has 0 aromatic heterocycles. The molecule has 1 unspecified atom stereocenters. The standard InChI is InChI=1S/C13H16N2O2.C2H6.2H2/c1-2-9-3-5-10(6-4-9)14-11-7-8-12(16)15-13(11)17;1-2;;/h3-6,11,14H,2,7-8H2,1H3,(H,15,16,17);1-2H3;2*1H. The molecular weight excluding hydrogens is 240 g/mol.